The van der Waals surface area contributed by atoms with Gasteiger partial charge in [0, 0.05) is 25.7 Å². The van der Waals surface area contributed by atoms with Gasteiger partial charge in [-0.1, -0.05) is 36.8 Å². The van der Waals surface area contributed by atoms with Crippen molar-refractivity contribution in [3.05, 3.63) is 35.4 Å². The number of halogens is 1. The van der Waals surface area contributed by atoms with Crippen LogP contribution in [0.5, 0.6) is 0 Å². The van der Waals surface area contributed by atoms with E-state index >= 15 is 0 Å². The first kappa shape index (κ1) is 22.2. The standard InChI is InChI=1S/C18H32N4.HI/c1-6-16(4)22(5)13-12-20-18(19-7-2)21-14-17-10-8-15(3)9-11-17;/h8-11,16H,6-7,12-14H2,1-5H3,(H2,19,20,21);1H. The number of aryl methyl sites for hydroxylation is 1. The summed E-state index contributed by atoms with van der Waals surface area (Å²) in [7, 11) is 2.17. The number of hydrogen-bond donors (Lipinski definition) is 2. The van der Waals surface area contributed by atoms with Gasteiger partial charge in [0.15, 0.2) is 5.96 Å². The van der Waals surface area contributed by atoms with Crippen LogP contribution in [0.4, 0.5) is 0 Å². The van der Waals surface area contributed by atoms with E-state index in [-0.39, 0.29) is 24.0 Å². The molecule has 4 nitrogen and oxygen atoms in total. The van der Waals surface area contributed by atoms with Gasteiger partial charge in [-0.25, -0.2) is 4.99 Å². The van der Waals surface area contributed by atoms with Crippen molar-refractivity contribution in [2.24, 2.45) is 4.99 Å². The molecule has 1 aromatic rings. The summed E-state index contributed by atoms with van der Waals surface area (Å²) in [5.41, 5.74) is 2.52. The van der Waals surface area contributed by atoms with Crippen molar-refractivity contribution in [2.45, 2.75) is 46.7 Å². The van der Waals surface area contributed by atoms with E-state index in [9.17, 15) is 0 Å². The third-order valence-corrected chi connectivity index (χ3v) is 3.98. The highest BCUT2D eigenvalue weighted by Crippen LogP contribution is 2.04. The fraction of sp³-hybridized carbons (Fsp3) is 0.611. The number of nitrogens with one attached hydrogen (secondary N) is 2. The lowest BCUT2D eigenvalue weighted by molar-refractivity contribution is 0.255. The molecule has 0 radical (unpaired) electrons. The fourth-order valence-corrected chi connectivity index (χ4v) is 2.09. The summed E-state index contributed by atoms with van der Waals surface area (Å²) >= 11 is 0. The van der Waals surface area contributed by atoms with Gasteiger partial charge in [0.1, 0.15) is 0 Å². The van der Waals surface area contributed by atoms with Crippen molar-refractivity contribution < 1.29 is 0 Å². The molecule has 2 N–H and O–H groups in total. The Morgan fingerprint density at radius 2 is 1.83 bits per heavy atom. The van der Waals surface area contributed by atoms with Gasteiger partial charge in [-0.3, -0.25) is 0 Å². The van der Waals surface area contributed by atoms with Crippen LogP contribution in [0.3, 0.4) is 0 Å². The topological polar surface area (TPSA) is 39.7 Å². The first-order chi connectivity index (χ1) is 10.6. The molecule has 0 spiro atoms. The van der Waals surface area contributed by atoms with Gasteiger partial charge in [0.2, 0.25) is 0 Å². The maximum absolute atomic E-state index is 4.65. The molecule has 0 saturated carbocycles. The SMILES string of the molecule is CCNC(=NCc1ccc(C)cc1)NCCN(C)C(C)CC.I. The van der Waals surface area contributed by atoms with Gasteiger partial charge in [0.25, 0.3) is 0 Å². The minimum atomic E-state index is 0. The smallest absolute Gasteiger partial charge is 0.191 e. The van der Waals surface area contributed by atoms with E-state index in [1.54, 1.807) is 0 Å². The van der Waals surface area contributed by atoms with Gasteiger partial charge >= 0.3 is 0 Å². The molecule has 23 heavy (non-hydrogen) atoms. The Hall–Kier alpha value is -0.820. The Morgan fingerprint density at radius 3 is 2.39 bits per heavy atom. The van der Waals surface area contributed by atoms with E-state index < -0.39 is 0 Å². The summed E-state index contributed by atoms with van der Waals surface area (Å²) in [6.45, 7) is 12.2. The van der Waals surface area contributed by atoms with Gasteiger partial charge in [-0.2, -0.15) is 0 Å². The molecule has 0 heterocycles. The zero-order valence-electron chi connectivity index (χ0n) is 15.2. The third kappa shape index (κ3) is 9.15. The van der Waals surface area contributed by atoms with Crippen molar-refractivity contribution >= 4 is 29.9 Å². The van der Waals surface area contributed by atoms with E-state index in [2.05, 4.69) is 79.5 Å². The quantitative estimate of drug-likeness (QED) is 0.376. The van der Waals surface area contributed by atoms with Gasteiger partial charge in [0.05, 0.1) is 6.54 Å². The van der Waals surface area contributed by atoms with E-state index in [0.717, 1.165) is 25.6 Å². The molecule has 0 aliphatic rings. The van der Waals surface area contributed by atoms with Crippen LogP contribution in [-0.2, 0) is 6.54 Å². The van der Waals surface area contributed by atoms with Crippen LogP contribution in [0.2, 0.25) is 0 Å². The van der Waals surface area contributed by atoms with Crippen molar-refractivity contribution in [3.8, 4) is 0 Å². The van der Waals surface area contributed by atoms with Crippen LogP contribution < -0.4 is 10.6 Å². The van der Waals surface area contributed by atoms with E-state index in [1.165, 1.54) is 17.5 Å². The van der Waals surface area contributed by atoms with Gasteiger partial charge in [-0.05, 0) is 39.8 Å². The van der Waals surface area contributed by atoms with Crippen LogP contribution in [0.1, 0.15) is 38.3 Å². The Labute approximate surface area is 159 Å². The first-order valence-electron chi connectivity index (χ1n) is 8.34. The molecule has 5 heteroatoms. The molecule has 1 rings (SSSR count). The normalized spacial score (nSPS) is 12.7. The highest BCUT2D eigenvalue weighted by Gasteiger charge is 2.06. The monoisotopic (exact) mass is 432 g/mol. The molecular weight excluding hydrogens is 399 g/mol. The van der Waals surface area contributed by atoms with Gasteiger partial charge < -0.3 is 15.5 Å². The van der Waals surface area contributed by atoms with Crippen molar-refractivity contribution in [1.29, 1.82) is 0 Å². The lowest BCUT2D eigenvalue weighted by Gasteiger charge is -2.24. The fourth-order valence-electron chi connectivity index (χ4n) is 2.09. The van der Waals surface area contributed by atoms with Crippen molar-refractivity contribution in [2.75, 3.05) is 26.7 Å². The molecule has 0 aliphatic heterocycles. The second kappa shape index (κ2) is 12.6. The highest BCUT2D eigenvalue weighted by atomic mass is 127. The van der Waals surface area contributed by atoms with Crippen LogP contribution >= 0.6 is 24.0 Å². The second-order valence-corrected chi connectivity index (χ2v) is 5.85. The zero-order chi connectivity index (χ0) is 16.4. The van der Waals surface area contributed by atoms with E-state index in [4.69, 9.17) is 0 Å². The summed E-state index contributed by atoms with van der Waals surface area (Å²) in [4.78, 5) is 7.02. The Balaban J connectivity index is 0.00000484. The Morgan fingerprint density at radius 1 is 1.17 bits per heavy atom. The van der Waals surface area contributed by atoms with Crippen LogP contribution in [0.25, 0.3) is 0 Å². The largest absolute Gasteiger partial charge is 0.357 e. The number of likely N-dealkylation sites (N-methyl/N-ethyl adjacent to an activating group) is 1. The molecule has 0 saturated heterocycles. The molecule has 1 atom stereocenters. The van der Waals surface area contributed by atoms with Crippen LogP contribution in [0, 0.1) is 6.92 Å². The Bertz CT molecular complexity index is 445. The van der Waals surface area contributed by atoms with Gasteiger partial charge in [-0.15, -0.1) is 24.0 Å². The molecule has 0 fully saturated rings. The Kier molecular flexibility index (Phi) is 12.1. The summed E-state index contributed by atoms with van der Waals surface area (Å²) in [5.74, 6) is 0.889. The summed E-state index contributed by atoms with van der Waals surface area (Å²) in [6, 6.07) is 9.16. The molecule has 0 aromatic heterocycles. The average molecular weight is 432 g/mol. The molecule has 0 bridgehead atoms. The minimum Gasteiger partial charge on any atom is -0.357 e. The number of aliphatic imine (C=N–C) groups is 1. The molecular formula is C18H33IN4. The lowest BCUT2D eigenvalue weighted by atomic mass is 10.1. The highest BCUT2D eigenvalue weighted by molar-refractivity contribution is 14.0. The summed E-state index contributed by atoms with van der Waals surface area (Å²) < 4.78 is 0. The van der Waals surface area contributed by atoms with E-state index in [1.807, 2.05) is 0 Å². The molecule has 132 valence electrons. The zero-order valence-corrected chi connectivity index (χ0v) is 17.6. The molecule has 0 amide bonds. The number of benzene rings is 1. The number of hydrogen-bond acceptors (Lipinski definition) is 2. The molecule has 1 unspecified atom stereocenters. The lowest BCUT2D eigenvalue weighted by Crippen LogP contribution is -2.42. The van der Waals surface area contributed by atoms with Crippen LogP contribution in [0.15, 0.2) is 29.3 Å². The summed E-state index contributed by atoms with van der Waals surface area (Å²) in [6.07, 6.45) is 1.18. The summed E-state index contributed by atoms with van der Waals surface area (Å²) in [5, 5.41) is 6.71. The average Bonchev–Trinajstić information content (AvgIpc) is 2.53. The van der Waals surface area contributed by atoms with E-state index in [0.29, 0.717) is 12.6 Å². The maximum Gasteiger partial charge on any atom is 0.191 e. The number of guanidine groups is 1. The number of rotatable bonds is 8. The first-order valence-corrected chi connectivity index (χ1v) is 8.34. The van der Waals surface area contributed by atoms with Crippen molar-refractivity contribution in [3.63, 3.8) is 0 Å². The number of nitrogens with zero attached hydrogens (tertiary/aromatic N) is 2. The molecule has 1 aromatic carbocycles. The predicted molar refractivity (Wildman–Crippen MR) is 112 cm³/mol. The maximum atomic E-state index is 4.65. The van der Waals surface area contributed by atoms with Crippen LogP contribution in [-0.4, -0.2) is 43.6 Å². The minimum absolute atomic E-state index is 0. The predicted octanol–water partition coefficient (Wildman–Crippen LogP) is 3.40. The second-order valence-electron chi connectivity index (χ2n) is 5.85. The third-order valence-electron chi connectivity index (χ3n) is 3.98. The van der Waals surface area contributed by atoms with Crippen molar-refractivity contribution in [1.82, 2.24) is 15.5 Å². The molecule has 0 aliphatic carbocycles.